The van der Waals surface area contributed by atoms with Crippen LogP contribution < -0.4 is 0 Å². The van der Waals surface area contributed by atoms with Gasteiger partial charge in [0, 0.05) is 18.1 Å². The lowest BCUT2D eigenvalue weighted by molar-refractivity contribution is -0.478. The van der Waals surface area contributed by atoms with Gasteiger partial charge in [0.25, 0.3) is 0 Å². The van der Waals surface area contributed by atoms with Gasteiger partial charge in [0.05, 0.1) is 6.42 Å². The van der Waals surface area contributed by atoms with E-state index in [1.165, 1.54) is 0 Å². The van der Waals surface area contributed by atoms with E-state index in [0.29, 0.717) is 6.29 Å². The first-order chi connectivity index (χ1) is 8.08. The quantitative estimate of drug-likeness (QED) is 0.227. The third kappa shape index (κ3) is 31.3. The molecule has 0 N–H and O–H groups in total. The molecule has 0 aliphatic carbocycles. The molecule has 0 aromatic carbocycles. The molecule has 0 saturated heterocycles. The third-order valence-corrected chi connectivity index (χ3v) is 1.23. The highest BCUT2D eigenvalue weighted by atomic mass is 16.7. The van der Waals surface area contributed by atoms with Gasteiger partial charge in [0.2, 0.25) is 6.54 Å². The number of hydrogen-bond donors (Lipinski definition) is 0. The number of nitro groups is 1. The molecular weight excluding hydrogens is 226 g/mol. The van der Waals surface area contributed by atoms with Gasteiger partial charge >= 0.3 is 0 Å². The average molecular weight is 249 g/mol. The van der Waals surface area contributed by atoms with Crippen molar-refractivity contribution in [2.75, 3.05) is 19.8 Å². The zero-order valence-electron chi connectivity index (χ0n) is 10.9. The summed E-state index contributed by atoms with van der Waals surface area (Å²) >= 11 is 0. The highest BCUT2D eigenvalue weighted by Crippen LogP contribution is 1.90. The maximum Gasteiger partial charge on any atom is 0.210 e. The first-order valence-corrected chi connectivity index (χ1v) is 5.37. The highest BCUT2D eigenvalue weighted by molar-refractivity contribution is 5.49. The number of ether oxygens (including phenoxy) is 2. The smallest absolute Gasteiger partial charge is 0.210 e. The van der Waals surface area contributed by atoms with Crippen LogP contribution >= 0.6 is 0 Å². The Balaban J connectivity index is -0.000000202. The molecule has 0 unspecified atom stereocenters. The Labute approximate surface area is 103 Å². The van der Waals surface area contributed by atoms with Crippen molar-refractivity contribution in [2.24, 2.45) is 0 Å². The van der Waals surface area contributed by atoms with E-state index < -0.39 is 4.92 Å². The summed E-state index contributed by atoms with van der Waals surface area (Å²) in [4.78, 5) is 18.3. The Kier molecular flexibility index (Phi) is 25.0. The number of hydrogen-bond acceptors (Lipinski definition) is 5. The minimum absolute atomic E-state index is 0.0208. The van der Waals surface area contributed by atoms with Crippen LogP contribution in [0.2, 0.25) is 0 Å². The summed E-state index contributed by atoms with van der Waals surface area (Å²) in [5.74, 6) is 0. The van der Waals surface area contributed by atoms with Gasteiger partial charge < -0.3 is 14.3 Å². The molecule has 0 saturated carbocycles. The standard InChI is InChI=1S/C6H14O2.C3H5NO3.C2H4/c1-4-7-6(3)8-5-2;5-3-1-2-4(6)7;1-2/h6H,4-5H2,1-3H3;3H,1-2H2;1-2H2. The summed E-state index contributed by atoms with van der Waals surface area (Å²) in [6.45, 7) is 13.0. The molecule has 17 heavy (non-hydrogen) atoms. The summed E-state index contributed by atoms with van der Waals surface area (Å²) in [5.41, 5.74) is 0. The molecule has 0 aromatic rings. The lowest BCUT2D eigenvalue weighted by atomic mass is 10.5. The molecule has 102 valence electrons. The summed E-state index contributed by atoms with van der Waals surface area (Å²) in [6.07, 6.45) is 0.514. The van der Waals surface area contributed by atoms with Crippen LogP contribution in [0.15, 0.2) is 13.2 Å². The Morgan fingerprint density at radius 2 is 1.71 bits per heavy atom. The number of rotatable bonds is 7. The van der Waals surface area contributed by atoms with Crippen molar-refractivity contribution >= 4 is 6.29 Å². The van der Waals surface area contributed by atoms with E-state index >= 15 is 0 Å². The maximum absolute atomic E-state index is 9.40. The lowest BCUT2D eigenvalue weighted by Gasteiger charge is -2.09. The summed E-state index contributed by atoms with van der Waals surface area (Å²) in [5, 5.41) is 9.40. The van der Waals surface area contributed by atoms with Gasteiger partial charge in [-0.1, -0.05) is 0 Å². The van der Waals surface area contributed by atoms with Gasteiger partial charge in [-0.05, 0) is 20.8 Å². The molecule has 0 rings (SSSR count). The Morgan fingerprint density at radius 1 is 1.29 bits per heavy atom. The fourth-order valence-corrected chi connectivity index (χ4v) is 0.676. The van der Waals surface area contributed by atoms with Crippen molar-refractivity contribution in [2.45, 2.75) is 33.5 Å². The van der Waals surface area contributed by atoms with E-state index in [1.54, 1.807) is 0 Å². The zero-order valence-corrected chi connectivity index (χ0v) is 10.9. The van der Waals surface area contributed by atoms with Gasteiger partial charge in [0.1, 0.15) is 6.29 Å². The van der Waals surface area contributed by atoms with E-state index in [0.717, 1.165) is 13.2 Å². The average Bonchev–Trinajstić information content (AvgIpc) is 2.30. The van der Waals surface area contributed by atoms with Crippen LogP contribution in [-0.4, -0.2) is 37.3 Å². The minimum atomic E-state index is -0.519. The summed E-state index contributed by atoms with van der Waals surface area (Å²) < 4.78 is 10.1. The van der Waals surface area contributed by atoms with Crippen LogP contribution in [0.25, 0.3) is 0 Å². The molecular formula is C11H23NO5. The number of nitrogens with zero attached hydrogens (tertiary/aromatic N) is 1. The molecule has 0 heterocycles. The molecule has 0 amide bonds. The van der Waals surface area contributed by atoms with E-state index in [9.17, 15) is 14.9 Å². The molecule has 0 bridgehead atoms. The molecule has 0 aromatic heterocycles. The molecule has 0 aliphatic rings. The van der Waals surface area contributed by atoms with E-state index in [4.69, 9.17) is 9.47 Å². The molecule has 0 radical (unpaired) electrons. The van der Waals surface area contributed by atoms with Gasteiger partial charge in [-0.25, -0.2) is 0 Å². The largest absolute Gasteiger partial charge is 0.353 e. The first-order valence-electron chi connectivity index (χ1n) is 5.37. The van der Waals surface area contributed by atoms with Gasteiger partial charge in [0.15, 0.2) is 6.29 Å². The zero-order chi connectivity index (χ0) is 14.1. The van der Waals surface area contributed by atoms with Crippen molar-refractivity contribution in [3.05, 3.63) is 23.3 Å². The normalized spacial score (nSPS) is 8.47. The van der Waals surface area contributed by atoms with Crippen LogP contribution in [0.4, 0.5) is 0 Å². The van der Waals surface area contributed by atoms with Gasteiger partial charge in [-0.3, -0.25) is 10.1 Å². The maximum atomic E-state index is 9.40. The first kappa shape index (κ1) is 21.1. The van der Waals surface area contributed by atoms with Crippen molar-refractivity contribution < 1.29 is 19.2 Å². The number of carbonyl (C=O) groups is 1. The fourth-order valence-electron chi connectivity index (χ4n) is 0.676. The second kappa shape index (κ2) is 20.2. The topological polar surface area (TPSA) is 78.7 Å². The molecule has 0 spiro atoms. The van der Waals surface area contributed by atoms with Crippen LogP contribution in [0.5, 0.6) is 0 Å². The molecule has 6 heteroatoms. The second-order valence-corrected chi connectivity index (χ2v) is 2.49. The minimum Gasteiger partial charge on any atom is -0.353 e. The Bertz CT molecular complexity index is 169. The van der Waals surface area contributed by atoms with Gasteiger partial charge in [-0.15, -0.1) is 13.2 Å². The van der Waals surface area contributed by atoms with E-state index in [-0.39, 0.29) is 19.3 Å². The van der Waals surface area contributed by atoms with Crippen molar-refractivity contribution in [3.8, 4) is 0 Å². The predicted molar refractivity (Wildman–Crippen MR) is 66.5 cm³/mol. The molecule has 0 atom stereocenters. The van der Waals surface area contributed by atoms with Crippen molar-refractivity contribution in [3.63, 3.8) is 0 Å². The van der Waals surface area contributed by atoms with Crippen molar-refractivity contribution in [1.29, 1.82) is 0 Å². The lowest BCUT2D eigenvalue weighted by Crippen LogP contribution is -2.11. The fraction of sp³-hybridized carbons (Fsp3) is 0.727. The van der Waals surface area contributed by atoms with E-state index in [2.05, 4.69) is 13.2 Å². The van der Waals surface area contributed by atoms with Crippen molar-refractivity contribution in [1.82, 2.24) is 0 Å². The molecule has 6 nitrogen and oxygen atoms in total. The molecule has 0 aliphatic heterocycles. The molecule has 0 fully saturated rings. The highest BCUT2D eigenvalue weighted by Gasteiger charge is 1.94. The second-order valence-electron chi connectivity index (χ2n) is 2.49. The summed E-state index contributed by atoms with van der Waals surface area (Å²) in [6, 6.07) is 0. The number of aldehydes is 1. The third-order valence-electron chi connectivity index (χ3n) is 1.23. The van der Waals surface area contributed by atoms with Gasteiger partial charge in [-0.2, -0.15) is 0 Å². The Morgan fingerprint density at radius 3 is 1.88 bits per heavy atom. The monoisotopic (exact) mass is 249 g/mol. The van der Waals surface area contributed by atoms with Crippen LogP contribution in [0.3, 0.4) is 0 Å². The number of carbonyl (C=O) groups excluding carboxylic acids is 1. The van der Waals surface area contributed by atoms with Crippen LogP contribution in [0, 0.1) is 10.1 Å². The predicted octanol–water partition coefficient (Wildman–Crippen LogP) is 2.06. The van der Waals surface area contributed by atoms with Crippen LogP contribution in [-0.2, 0) is 14.3 Å². The SMILES string of the molecule is C=C.CCOC(C)OCC.O=CCC[N+](=O)[O-]. The Hall–Kier alpha value is -1.27. The van der Waals surface area contributed by atoms with Crippen LogP contribution in [0.1, 0.15) is 27.2 Å². The summed E-state index contributed by atoms with van der Waals surface area (Å²) in [7, 11) is 0. The van der Waals surface area contributed by atoms with E-state index in [1.807, 2.05) is 20.8 Å².